The molecule has 1 N–H and O–H groups in total. The van der Waals surface area contributed by atoms with Gasteiger partial charge in [0.25, 0.3) is 0 Å². The number of fused-ring (bicyclic) bond motifs is 2. The molecular formula is C32H35N7O3. The maximum atomic E-state index is 11.4. The van der Waals surface area contributed by atoms with Crippen molar-refractivity contribution in [2.24, 2.45) is 19.5 Å². The predicted molar refractivity (Wildman–Crippen MR) is 159 cm³/mol. The van der Waals surface area contributed by atoms with Crippen LogP contribution in [-0.4, -0.2) is 64.9 Å². The highest BCUT2D eigenvalue weighted by Crippen LogP contribution is 2.56. The minimum absolute atomic E-state index is 0.0439. The standard InChI is InChI=1S/C32H35N7O3/c1-19-7-9-25-23(16-34-39(25)26-6-4-5-11-42-26)27(19)28-29(20-8-10-24-21(12-20)15-33-37(24)3)36(2)30(35-28)22-13-32(14-22)17-38(18-32)31(40)41/h7-10,12,15-16,22,26H,4-6,11,13-14,17-18H2,1-3H3,(H,40,41)/t26-/m0/s1. The molecule has 3 aliphatic rings. The van der Waals surface area contributed by atoms with E-state index in [2.05, 4.69) is 54.0 Å². The van der Waals surface area contributed by atoms with E-state index in [0.717, 1.165) is 94.4 Å². The van der Waals surface area contributed by atoms with Crippen molar-refractivity contribution in [2.45, 2.75) is 51.2 Å². The van der Waals surface area contributed by atoms with Gasteiger partial charge in [0, 0.05) is 67.0 Å². The molecule has 1 spiro atoms. The summed E-state index contributed by atoms with van der Waals surface area (Å²) < 4.78 is 12.3. The van der Waals surface area contributed by atoms with E-state index in [1.807, 2.05) is 28.8 Å². The molecule has 10 nitrogen and oxygen atoms in total. The third-order valence-electron chi connectivity index (χ3n) is 9.85. The molecule has 2 aromatic carbocycles. The lowest BCUT2D eigenvalue weighted by atomic mass is 9.57. The lowest BCUT2D eigenvalue weighted by Gasteiger charge is -2.57. The van der Waals surface area contributed by atoms with Crippen LogP contribution in [0.1, 0.15) is 55.6 Å². The molecule has 0 bridgehead atoms. The average molecular weight is 566 g/mol. The van der Waals surface area contributed by atoms with E-state index in [4.69, 9.17) is 14.8 Å². The van der Waals surface area contributed by atoms with Crippen molar-refractivity contribution in [1.82, 2.24) is 34.0 Å². The second-order valence-corrected chi connectivity index (χ2v) is 12.6. The fraction of sp³-hybridized carbons (Fsp3) is 0.438. The van der Waals surface area contributed by atoms with Gasteiger partial charge in [-0.05, 0) is 62.8 Å². The number of aromatic nitrogens is 6. The molecular weight excluding hydrogens is 530 g/mol. The first kappa shape index (κ1) is 25.5. The van der Waals surface area contributed by atoms with Crippen molar-refractivity contribution >= 4 is 27.9 Å². The Balaban J connectivity index is 1.26. The first-order chi connectivity index (χ1) is 20.3. The number of aryl methyl sites for hydroxylation is 2. The number of hydrogen-bond acceptors (Lipinski definition) is 5. The smallest absolute Gasteiger partial charge is 0.407 e. The van der Waals surface area contributed by atoms with Gasteiger partial charge in [0.05, 0.1) is 34.8 Å². The van der Waals surface area contributed by atoms with Gasteiger partial charge < -0.3 is 19.3 Å². The molecule has 216 valence electrons. The topological polar surface area (TPSA) is 103 Å². The molecule has 0 radical (unpaired) electrons. The lowest BCUT2D eigenvalue weighted by molar-refractivity contribution is -0.0604. The van der Waals surface area contributed by atoms with Crippen LogP contribution >= 0.6 is 0 Å². The Morgan fingerprint density at radius 3 is 2.62 bits per heavy atom. The molecule has 5 aromatic rings. The second-order valence-electron chi connectivity index (χ2n) is 12.6. The van der Waals surface area contributed by atoms with E-state index in [1.54, 1.807) is 0 Å². The molecule has 3 aromatic heterocycles. The first-order valence-electron chi connectivity index (χ1n) is 14.9. The Morgan fingerprint density at radius 1 is 1.05 bits per heavy atom. The Labute approximate surface area is 243 Å². The highest BCUT2D eigenvalue weighted by atomic mass is 16.5. The lowest BCUT2D eigenvalue weighted by Crippen LogP contribution is -2.63. The van der Waals surface area contributed by atoms with Gasteiger partial charge in [0.15, 0.2) is 6.23 Å². The average Bonchev–Trinajstić information content (AvgIpc) is 3.63. The first-order valence-corrected chi connectivity index (χ1v) is 14.9. The van der Waals surface area contributed by atoms with Crippen molar-refractivity contribution in [3.05, 3.63) is 54.1 Å². The minimum atomic E-state index is -0.820. The van der Waals surface area contributed by atoms with Crippen molar-refractivity contribution in [2.75, 3.05) is 19.7 Å². The van der Waals surface area contributed by atoms with E-state index in [9.17, 15) is 9.90 Å². The van der Waals surface area contributed by atoms with Crippen LogP contribution in [0.5, 0.6) is 0 Å². The van der Waals surface area contributed by atoms with Crippen LogP contribution in [0, 0.1) is 12.3 Å². The van der Waals surface area contributed by atoms with Crippen LogP contribution in [0.2, 0.25) is 0 Å². The van der Waals surface area contributed by atoms with Crippen molar-refractivity contribution < 1.29 is 14.6 Å². The molecule has 3 fully saturated rings. The molecule has 1 atom stereocenters. The summed E-state index contributed by atoms with van der Waals surface area (Å²) in [5.41, 5.74) is 7.65. The zero-order valence-electron chi connectivity index (χ0n) is 24.2. The van der Waals surface area contributed by atoms with Crippen molar-refractivity contribution in [3.63, 3.8) is 0 Å². The van der Waals surface area contributed by atoms with Crippen LogP contribution < -0.4 is 0 Å². The fourth-order valence-corrected chi connectivity index (χ4v) is 7.71. The molecule has 10 heteroatoms. The molecule has 42 heavy (non-hydrogen) atoms. The van der Waals surface area contributed by atoms with Gasteiger partial charge >= 0.3 is 6.09 Å². The van der Waals surface area contributed by atoms with Gasteiger partial charge in [-0.1, -0.05) is 12.1 Å². The Bertz CT molecular complexity index is 1860. The van der Waals surface area contributed by atoms with Crippen LogP contribution in [0.4, 0.5) is 4.79 Å². The van der Waals surface area contributed by atoms with Crippen molar-refractivity contribution in [1.29, 1.82) is 0 Å². The van der Waals surface area contributed by atoms with Gasteiger partial charge in [-0.25, -0.2) is 14.5 Å². The largest absolute Gasteiger partial charge is 0.465 e. The van der Waals surface area contributed by atoms with Crippen LogP contribution in [0.15, 0.2) is 42.7 Å². The Morgan fingerprint density at radius 2 is 1.86 bits per heavy atom. The number of hydrogen-bond donors (Lipinski definition) is 1. The molecule has 8 rings (SSSR count). The molecule has 2 aliphatic heterocycles. The number of benzene rings is 2. The molecule has 2 saturated heterocycles. The van der Waals surface area contributed by atoms with Gasteiger partial charge in [0.2, 0.25) is 0 Å². The summed E-state index contributed by atoms with van der Waals surface area (Å²) in [6.07, 6.45) is 8.15. The van der Waals surface area contributed by atoms with Crippen molar-refractivity contribution in [3.8, 4) is 22.5 Å². The predicted octanol–water partition coefficient (Wildman–Crippen LogP) is 5.86. The second kappa shape index (κ2) is 9.16. The van der Waals surface area contributed by atoms with Gasteiger partial charge in [-0.15, -0.1) is 0 Å². The summed E-state index contributed by atoms with van der Waals surface area (Å²) in [7, 11) is 4.09. The fourth-order valence-electron chi connectivity index (χ4n) is 7.71. The third kappa shape index (κ3) is 3.74. The Hall–Kier alpha value is -4.18. The maximum absolute atomic E-state index is 11.4. The summed E-state index contributed by atoms with van der Waals surface area (Å²) in [5.74, 6) is 1.35. The Kier molecular flexibility index (Phi) is 5.57. The summed E-state index contributed by atoms with van der Waals surface area (Å²) >= 11 is 0. The number of nitrogens with zero attached hydrogens (tertiary/aromatic N) is 7. The van der Waals surface area contributed by atoms with Gasteiger partial charge in [-0.3, -0.25) is 4.68 Å². The zero-order chi connectivity index (χ0) is 28.7. The number of imidazole rings is 1. The molecule has 1 saturated carbocycles. The maximum Gasteiger partial charge on any atom is 0.407 e. The molecule has 1 aliphatic carbocycles. The van der Waals surface area contributed by atoms with Gasteiger partial charge in [0.1, 0.15) is 5.82 Å². The van der Waals surface area contributed by atoms with E-state index in [1.165, 1.54) is 4.90 Å². The van der Waals surface area contributed by atoms with E-state index in [-0.39, 0.29) is 11.6 Å². The summed E-state index contributed by atoms with van der Waals surface area (Å²) in [5, 5.41) is 20.8. The molecule has 0 unspecified atom stereocenters. The highest BCUT2D eigenvalue weighted by molar-refractivity contribution is 5.99. The number of likely N-dealkylation sites (tertiary alicyclic amines) is 1. The molecule has 5 heterocycles. The normalized spacial score (nSPS) is 20.4. The SMILES string of the molecule is Cc1ccc2c(cnn2[C@@H]2CCCCO2)c1-c1nc(C2CC3(C2)CN(C(=O)O)C3)n(C)c1-c1ccc2c(cnn2C)c1. The number of rotatable bonds is 4. The minimum Gasteiger partial charge on any atom is -0.465 e. The quantitative estimate of drug-likeness (QED) is 0.293. The zero-order valence-corrected chi connectivity index (χ0v) is 24.2. The van der Waals surface area contributed by atoms with E-state index >= 15 is 0 Å². The van der Waals surface area contributed by atoms with Crippen LogP contribution in [0.3, 0.4) is 0 Å². The van der Waals surface area contributed by atoms with E-state index in [0.29, 0.717) is 19.0 Å². The summed E-state index contributed by atoms with van der Waals surface area (Å²) in [4.78, 5) is 18.3. The van der Waals surface area contributed by atoms with E-state index < -0.39 is 6.09 Å². The monoisotopic (exact) mass is 565 g/mol. The van der Waals surface area contributed by atoms with Crippen LogP contribution in [-0.2, 0) is 18.8 Å². The third-order valence-corrected chi connectivity index (χ3v) is 9.85. The number of ether oxygens (including phenoxy) is 1. The highest BCUT2D eigenvalue weighted by Gasteiger charge is 2.55. The summed E-state index contributed by atoms with van der Waals surface area (Å²) in [6.45, 7) is 4.17. The number of carboxylic acid groups (broad SMARTS) is 1. The number of amides is 1. The van der Waals surface area contributed by atoms with Gasteiger partial charge in [-0.2, -0.15) is 10.2 Å². The summed E-state index contributed by atoms with van der Waals surface area (Å²) in [6, 6.07) is 10.8. The molecule has 1 amide bonds. The van der Waals surface area contributed by atoms with Crippen LogP contribution in [0.25, 0.3) is 44.3 Å². The number of carbonyl (C=O) groups is 1.